The number of hydrogen-bond acceptors (Lipinski definition) is 3. The summed E-state index contributed by atoms with van der Waals surface area (Å²) in [5.74, 6) is 0. The number of rotatable bonds is 2. The summed E-state index contributed by atoms with van der Waals surface area (Å²) in [5.41, 5.74) is -0.730. The summed E-state index contributed by atoms with van der Waals surface area (Å²) in [6.07, 6.45) is 3.63. The molecule has 1 atom stereocenters. The number of ether oxygens (including phenoxy) is 1. The average molecular weight is 196 g/mol. The molecule has 0 spiro atoms. The molecule has 1 N–H and O–H groups in total. The fourth-order valence-corrected chi connectivity index (χ4v) is 1.60. The van der Waals surface area contributed by atoms with Gasteiger partial charge in [-0.25, -0.2) is 4.79 Å². The van der Waals surface area contributed by atoms with Gasteiger partial charge in [0.1, 0.15) is 0 Å². The zero-order chi connectivity index (χ0) is 9.97. The summed E-state index contributed by atoms with van der Waals surface area (Å²) in [6, 6.07) is 1.34. The standard InChI is InChI=1S/C9H12N2O3/c12-8-3-4-11(9(13)10-8)6-7-2-1-5-14-7/h3-4,7H,1-2,5-6H2,(H,10,12,13)/t7-/m0/s1. The molecule has 1 aliphatic rings. The number of aromatic amines is 1. The first-order valence-electron chi connectivity index (χ1n) is 4.67. The number of aromatic nitrogens is 2. The van der Waals surface area contributed by atoms with E-state index in [0.717, 1.165) is 19.4 Å². The third kappa shape index (κ3) is 1.93. The van der Waals surface area contributed by atoms with Gasteiger partial charge in [0.2, 0.25) is 0 Å². The van der Waals surface area contributed by atoms with Gasteiger partial charge < -0.3 is 4.74 Å². The Bertz CT molecular complexity index is 415. The van der Waals surface area contributed by atoms with Crippen LogP contribution in [0.2, 0.25) is 0 Å². The molecule has 14 heavy (non-hydrogen) atoms. The highest BCUT2D eigenvalue weighted by Crippen LogP contribution is 2.12. The third-order valence-electron chi connectivity index (χ3n) is 2.32. The van der Waals surface area contributed by atoms with Crippen molar-refractivity contribution in [1.29, 1.82) is 0 Å². The minimum atomic E-state index is -0.368. The largest absolute Gasteiger partial charge is 0.376 e. The smallest absolute Gasteiger partial charge is 0.328 e. The maximum atomic E-state index is 11.3. The lowest BCUT2D eigenvalue weighted by Crippen LogP contribution is -2.31. The van der Waals surface area contributed by atoms with E-state index in [2.05, 4.69) is 4.98 Å². The van der Waals surface area contributed by atoms with E-state index >= 15 is 0 Å². The number of hydrogen-bond donors (Lipinski definition) is 1. The highest BCUT2D eigenvalue weighted by Gasteiger charge is 2.16. The molecule has 0 bridgehead atoms. The Morgan fingerprint density at radius 3 is 3.07 bits per heavy atom. The summed E-state index contributed by atoms with van der Waals surface area (Å²) < 4.78 is 6.86. The minimum absolute atomic E-state index is 0.110. The van der Waals surface area contributed by atoms with Crippen molar-refractivity contribution >= 4 is 0 Å². The van der Waals surface area contributed by atoms with E-state index in [1.165, 1.54) is 16.8 Å². The van der Waals surface area contributed by atoms with E-state index in [1.807, 2.05) is 0 Å². The number of H-pyrrole nitrogens is 1. The van der Waals surface area contributed by atoms with E-state index < -0.39 is 0 Å². The summed E-state index contributed by atoms with van der Waals surface area (Å²) in [6.45, 7) is 1.29. The first-order valence-corrected chi connectivity index (χ1v) is 4.67. The van der Waals surface area contributed by atoms with Gasteiger partial charge in [-0.05, 0) is 12.8 Å². The lowest BCUT2D eigenvalue weighted by Gasteiger charge is -2.10. The van der Waals surface area contributed by atoms with Crippen LogP contribution in [0.3, 0.4) is 0 Å². The number of nitrogens with zero attached hydrogens (tertiary/aromatic N) is 1. The molecule has 1 saturated heterocycles. The third-order valence-corrected chi connectivity index (χ3v) is 2.32. The van der Waals surface area contributed by atoms with E-state index in [-0.39, 0.29) is 17.4 Å². The fourth-order valence-electron chi connectivity index (χ4n) is 1.60. The second kappa shape index (κ2) is 3.79. The van der Waals surface area contributed by atoms with Crippen LogP contribution in [-0.2, 0) is 11.3 Å². The molecule has 0 amide bonds. The molecule has 0 radical (unpaired) electrons. The zero-order valence-electron chi connectivity index (χ0n) is 7.73. The molecule has 1 aromatic rings. The predicted molar refractivity (Wildman–Crippen MR) is 50.3 cm³/mol. The summed E-state index contributed by atoms with van der Waals surface area (Å²) in [7, 11) is 0. The summed E-state index contributed by atoms with van der Waals surface area (Å²) in [4.78, 5) is 24.3. The van der Waals surface area contributed by atoms with Crippen molar-refractivity contribution in [3.63, 3.8) is 0 Å². The molecule has 2 heterocycles. The van der Waals surface area contributed by atoms with Gasteiger partial charge in [-0.3, -0.25) is 14.3 Å². The van der Waals surface area contributed by atoms with Gasteiger partial charge in [-0.1, -0.05) is 0 Å². The SMILES string of the molecule is O=c1ccn(C[C@@H]2CCCO2)c(=O)[nH]1. The van der Waals surface area contributed by atoms with Crippen LogP contribution in [-0.4, -0.2) is 22.3 Å². The van der Waals surface area contributed by atoms with Crippen molar-refractivity contribution in [2.24, 2.45) is 0 Å². The normalized spacial score (nSPS) is 21.3. The first-order chi connectivity index (χ1) is 6.75. The van der Waals surface area contributed by atoms with Gasteiger partial charge in [0.05, 0.1) is 12.6 Å². The first kappa shape index (κ1) is 9.21. The van der Waals surface area contributed by atoms with Gasteiger partial charge in [0.25, 0.3) is 5.56 Å². The van der Waals surface area contributed by atoms with Crippen molar-refractivity contribution in [2.75, 3.05) is 6.61 Å². The molecule has 5 nitrogen and oxygen atoms in total. The maximum absolute atomic E-state index is 11.3. The summed E-state index contributed by atoms with van der Waals surface area (Å²) in [5, 5.41) is 0. The van der Waals surface area contributed by atoms with Crippen molar-refractivity contribution in [2.45, 2.75) is 25.5 Å². The molecule has 0 unspecified atom stereocenters. The Labute approximate surface area is 80.3 Å². The van der Waals surface area contributed by atoms with Gasteiger partial charge >= 0.3 is 5.69 Å². The molecule has 1 aliphatic heterocycles. The lowest BCUT2D eigenvalue weighted by molar-refractivity contribution is 0.0958. The van der Waals surface area contributed by atoms with Crippen LogP contribution < -0.4 is 11.2 Å². The Morgan fingerprint density at radius 2 is 2.43 bits per heavy atom. The van der Waals surface area contributed by atoms with E-state index in [4.69, 9.17) is 4.74 Å². The Kier molecular flexibility index (Phi) is 2.49. The molecule has 0 aromatic carbocycles. The van der Waals surface area contributed by atoms with E-state index in [1.54, 1.807) is 0 Å². The molecule has 1 aromatic heterocycles. The van der Waals surface area contributed by atoms with Gasteiger partial charge in [-0.2, -0.15) is 0 Å². The predicted octanol–water partition coefficient (Wildman–Crippen LogP) is -0.284. The highest BCUT2D eigenvalue weighted by atomic mass is 16.5. The van der Waals surface area contributed by atoms with Crippen LogP contribution in [0.15, 0.2) is 21.9 Å². The van der Waals surface area contributed by atoms with Crippen molar-refractivity contribution in [3.8, 4) is 0 Å². The Morgan fingerprint density at radius 1 is 1.57 bits per heavy atom. The van der Waals surface area contributed by atoms with Gasteiger partial charge in [-0.15, -0.1) is 0 Å². The number of nitrogens with one attached hydrogen (secondary N) is 1. The molecule has 1 fully saturated rings. The molecule has 5 heteroatoms. The minimum Gasteiger partial charge on any atom is -0.376 e. The van der Waals surface area contributed by atoms with Crippen LogP contribution in [0.4, 0.5) is 0 Å². The molecule has 76 valence electrons. The Hall–Kier alpha value is -1.36. The zero-order valence-corrected chi connectivity index (χ0v) is 7.73. The van der Waals surface area contributed by atoms with Crippen molar-refractivity contribution in [1.82, 2.24) is 9.55 Å². The maximum Gasteiger partial charge on any atom is 0.328 e. The molecule has 0 aliphatic carbocycles. The fraction of sp³-hybridized carbons (Fsp3) is 0.556. The van der Waals surface area contributed by atoms with Crippen molar-refractivity contribution < 1.29 is 4.74 Å². The van der Waals surface area contributed by atoms with Gasteiger partial charge in [0, 0.05) is 18.9 Å². The van der Waals surface area contributed by atoms with Crippen LogP contribution >= 0.6 is 0 Å². The van der Waals surface area contributed by atoms with Crippen LogP contribution in [0.1, 0.15) is 12.8 Å². The van der Waals surface area contributed by atoms with Crippen LogP contribution in [0.25, 0.3) is 0 Å². The molecular weight excluding hydrogens is 184 g/mol. The monoisotopic (exact) mass is 196 g/mol. The van der Waals surface area contributed by atoms with Crippen molar-refractivity contribution in [3.05, 3.63) is 33.1 Å². The topological polar surface area (TPSA) is 64.1 Å². The van der Waals surface area contributed by atoms with E-state index in [0.29, 0.717) is 6.54 Å². The second-order valence-electron chi connectivity index (χ2n) is 3.40. The van der Waals surface area contributed by atoms with Crippen LogP contribution in [0.5, 0.6) is 0 Å². The Balaban J connectivity index is 2.16. The van der Waals surface area contributed by atoms with E-state index in [9.17, 15) is 9.59 Å². The molecule has 2 rings (SSSR count). The second-order valence-corrected chi connectivity index (χ2v) is 3.40. The molecule has 0 saturated carbocycles. The van der Waals surface area contributed by atoms with Crippen LogP contribution in [0, 0.1) is 0 Å². The quantitative estimate of drug-likeness (QED) is 0.707. The summed E-state index contributed by atoms with van der Waals surface area (Å²) >= 11 is 0. The molecular formula is C9H12N2O3. The lowest BCUT2D eigenvalue weighted by atomic mass is 10.2. The highest BCUT2D eigenvalue weighted by molar-refractivity contribution is 4.83. The van der Waals surface area contributed by atoms with Gasteiger partial charge in [0.15, 0.2) is 0 Å². The average Bonchev–Trinajstić information content (AvgIpc) is 2.62.